The van der Waals surface area contributed by atoms with E-state index in [9.17, 15) is 9.59 Å². The number of carbonyl (C=O) groups is 2. The number of ketones is 1. The molecule has 0 bridgehead atoms. The van der Waals surface area contributed by atoms with Crippen LogP contribution < -0.4 is 0 Å². The average Bonchev–Trinajstić information content (AvgIpc) is 2.97. The number of halogens is 1. The van der Waals surface area contributed by atoms with Crippen molar-refractivity contribution in [2.24, 2.45) is 5.92 Å². The predicted molar refractivity (Wildman–Crippen MR) is 157 cm³/mol. The summed E-state index contributed by atoms with van der Waals surface area (Å²) >= 11 is 6.14. The molecule has 0 aromatic heterocycles. The lowest BCUT2D eigenvalue weighted by atomic mass is 9.87. The zero-order chi connectivity index (χ0) is 27.3. The number of esters is 1. The summed E-state index contributed by atoms with van der Waals surface area (Å²) in [5.74, 6) is -0.288. The monoisotopic (exact) mass is 544 g/mol. The summed E-state index contributed by atoms with van der Waals surface area (Å²) in [6.45, 7) is 0.548. The lowest BCUT2D eigenvalue weighted by Crippen LogP contribution is -2.22. The molecule has 0 aliphatic heterocycles. The predicted octanol–water partition coefficient (Wildman–Crippen LogP) is 8.04. The van der Waals surface area contributed by atoms with Crippen LogP contribution in [-0.2, 0) is 19.1 Å². The maximum atomic E-state index is 13.2. The van der Waals surface area contributed by atoms with Crippen molar-refractivity contribution in [3.8, 4) is 0 Å². The standard InChI is InChI=1S/C34H37ClO4/c35-30-18-10-13-27(23-30)24-32(33(36)25-38-21-19-26-11-4-1-5-12-26)34(37)39-22-20-31(28-14-6-2-7-15-28)29-16-8-3-9-17-29/h2-3,6-10,13-18,23-24,26,31H,1,4-5,11-12,19-22,25H2/b32-24+. The van der Waals surface area contributed by atoms with Gasteiger partial charge in [0.15, 0.2) is 5.78 Å². The van der Waals surface area contributed by atoms with Gasteiger partial charge in [-0.15, -0.1) is 0 Å². The summed E-state index contributed by atoms with van der Waals surface area (Å²) in [6, 6.07) is 27.4. The van der Waals surface area contributed by atoms with E-state index in [-0.39, 0.29) is 30.5 Å². The second-order valence-corrected chi connectivity index (χ2v) is 10.6. The first-order valence-electron chi connectivity index (χ1n) is 14.0. The molecule has 3 aromatic carbocycles. The van der Waals surface area contributed by atoms with Crippen molar-refractivity contribution in [1.82, 2.24) is 0 Å². The van der Waals surface area contributed by atoms with Crippen molar-refractivity contribution in [3.63, 3.8) is 0 Å². The van der Waals surface area contributed by atoms with Crippen molar-refractivity contribution < 1.29 is 19.1 Å². The maximum absolute atomic E-state index is 13.2. The smallest absolute Gasteiger partial charge is 0.341 e. The Kier molecular flexibility index (Phi) is 11.4. The molecule has 0 atom stereocenters. The lowest BCUT2D eigenvalue weighted by molar-refractivity contribution is -0.141. The largest absolute Gasteiger partial charge is 0.462 e. The van der Waals surface area contributed by atoms with Gasteiger partial charge in [0.25, 0.3) is 0 Å². The van der Waals surface area contributed by atoms with Crippen LogP contribution in [0, 0.1) is 5.92 Å². The normalized spacial score (nSPS) is 14.4. The zero-order valence-electron chi connectivity index (χ0n) is 22.4. The van der Waals surface area contributed by atoms with Gasteiger partial charge in [-0.25, -0.2) is 4.79 Å². The minimum absolute atomic E-state index is 0.0223. The molecule has 0 N–H and O–H groups in total. The van der Waals surface area contributed by atoms with Crippen molar-refractivity contribution in [3.05, 3.63) is 112 Å². The Hall–Kier alpha value is -3.21. The van der Waals surface area contributed by atoms with Crippen LogP contribution in [0.4, 0.5) is 0 Å². The molecule has 0 heterocycles. The Balaban J connectivity index is 1.40. The van der Waals surface area contributed by atoms with Crippen LogP contribution >= 0.6 is 11.6 Å². The summed E-state index contributed by atoms with van der Waals surface area (Å²) in [5, 5.41) is 0.529. The van der Waals surface area contributed by atoms with Crippen LogP contribution in [0.3, 0.4) is 0 Å². The van der Waals surface area contributed by atoms with Crippen LogP contribution in [0.1, 0.15) is 67.6 Å². The molecule has 0 saturated heterocycles. The van der Waals surface area contributed by atoms with Gasteiger partial charge in [-0.1, -0.05) is 117 Å². The van der Waals surface area contributed by atoms with E-state index in [1.54, 1.807) is 30.3 Å². The molecule has 0 amide bonds. The fraction of sp³-hybridized carbons (Fsp3) is 0.353. The third kappa shape index (κ3) is 9.19. The van der Waals surface area contributed by atoms with Crippen molar-refractivity contribution in [2.45, 2.75) is 50.9 Å². The van der Waals surface area contributed by atoms with Gasteiger partial charge in [0.1, 0.15) is 12.2 Å². The molecule has 0 unspecified atom stereocenters. The van der Waals surface area contributed by atoms with Crippen LogP contribution in [0.25, 0.3) is 6.08 Å². The number of ether oxygens (including phenoxy) is 2. The highest BCUT2D eigenvalue weighted by Gasteiger charge is 2.22. The number of benzene rings is 3. The van der Waals surface area contributed by atoms with Gasteiger partial charge in [-0.05, 0) is 53.7 Å². The second kappa shape index (κ2) is 15.4. The summed E-state index contributed by atoms with van der Waals surface area (Å²) in [5.41, 5.74) is 2.94. The van der Waals surface area contributed by atoms with Crippen LogP contribution in [0.2, 0.25) is 5.02 Å². The van der Waals surface area contributed by atoms with Crippen molar-refractivity contribution in [1.29, 1.82) is 0 Å². The molecular formula is C34H37ClO4. The van der Waals surface area contributed by atoms with Gasteiger partial charge in [-0.3, -0.25) is 4.79 Å². The fourth-order valence-corrected chi connectivity index (χ4v) is 5.43. The highest BCUT2D eigenvalue weighted by atomic mass is 35.5. The topological polar surface area (TPSA) is 52.6 Å². The van der Waals surface area contributed by atoms with E-state index in [1.165, 1.54) is 32.1 Å². The van der Waals surface area contributed by atoms with Crippen molar-refractivity contribution >= 4 is 29.4 Å². The molecule has 4 rings (SSSR count). The first-order valence-corrected chi connectivity index (χ1v) is 14.3. The SMILES string of the molecule is O=C(COCCC1CCCCC1)/C(=C\c1cccc(Cl)c1)C(=O)OCCC(c1ccccc1)c1ccccc1. The van der Waals surface area contributed by atoms with Gasteiger partial charge in [0.2, 0.25) is 0 Å². The second-order valence-electron chi connectivity index (χ2n) is 10.2. The highest BCUT2D eigenvalue weighted by Crippen LogP contribution is 2.28. The molecule has 4 nitrogen and oxygen atoms in total. The van der Waals surface area contributed by atoms with Crippen LogP contribution in [0.15, 0.2) is 90.5 Å². The van der Waals surface area contributed by atoms with Crippen LogP contribution in [-0.4, -0.2) is 31.6 Å². The van der Waals surface area contributed by atoms with Gasteiger partial charge >= 0.3 is 5.97 Å². The molecule has 5 heteroatoms. The quantitative estimate of drug-likeness (QED) is 0.0718. The summed E-state index contributed by atoms with van der Waals surface area (Å²) in [4.78, 5) is 26.3. The zero-order valence-corrected chi connectivity index (χ0v) is 23.2. The Labute approximate surface area is 237 Å². The molecule has 1 saturated carbocycles. The summed E-state index contributed by atoms with van der Waals surface area (Å²) in [6.07, 6.45) is 9.42. The average molecular weight is 545 g/mol. The number of hydrogen-bond acceptors (Lipinski definition) is 4. The number of hydrogen-bond donors (Lipinski definition) is 0. The Bertz CT molecular complexity index is 1180. The number of carbonyl (C=O) groups excluding carboxylic acids is 2. The molecule has 39 heavy (non-hydrogen) atoms. The fourth-order valence-electron chi connectivity index (χ4n) is 5.23. The summed E-state index contributed by atoms with van der Waals surface area (Å²) < 4.78 is 11.4. The number of rotatable bonds is 13. The molecule has 1 fully saturated rings. The third-order valence-corrected chi connectivity index (χ3v) is 7.59. The maximum Gasteiger partial charge on any atom is 0.341 e. The van der Waals surface area contributed by atoms with Crippen LogP contribution in [0.5, 0.6) is 0 Å². The molecule has 1 aliphatic rings. The van der Waals surface area contributed by atoms with E-state index < -0.39 is 5.97 Å². The molecule has 204 valence electrons. The molecule has 0 spiro atoms. The van der Waals surface area contributed by atoms with Gasteiger partial charge in [-0.2, -0.15) is 0 Å². The Morgan fingerprint density at radius 2 is 1.51 bits per heavy atom. The van der Waals surface area contributed by atoms with E-state index >= 15 is 0 Å². The Morgan fingerprint density at radius 1 is 0.846 bits per heavy atom. The number of Topliss-reactive ketones (excluding diaryl/α,β-unsaturated/α-hetero) is 1. The minimum Gasteiger partial charge on any atom is -0.462 e. The molecule has 1 aliphatic carbocycles. The van der Waals surface area contributed by atoms with E-state index in [1.807, 2.05) is 36.4 Å². The molecule has 0 radical (unpaired) electrons. The molecule has 3 aromatic rings. The van der Waals surface area contributed by atoms with E-state index in [0.29, 0.717) is 29.5 Å². The van der Waals surface area contributed by atoms with Gasteiger partial charge in [0.05, 0.1) is 6.61 Å². The van der Waals surface area contributed by atoms with Gasteiger partial charge < -0.3 is 9.47 Å². The van der Waals surface area contributed by atoms with Crippen molar-refractivity contribution in [2.75, 3.05) is 19.8 Å². The third-order valence-electron chi connectivity index (χ3n) is 7.35. The first kappa shape index (κ1) is 28.8. The highest BCUT2D eigenvalue weighted by molar-refractivity contribution is 6.30. The minimum atomic E-state index is -0.643. The van der Waals surface area contributed by atoms with E-state index in [0.717, 1.165) is 17.5 Å². The van der Waals surface area contributed by atoms with Gasteiger partial charge in [0, 0.05) is 17.5 Å². The Morgan fingerprint density at radius 3 is 2.15 bits per heavy atom. The lowest BCUT2D eigenvalue weighted by Gasteiger charge is -2.21. The summed E-state index contributed by atoms with van der Waals surface area (Å²) in [7, 11) is 0. The first-order chi connectivity index (χ1) is 19.1. The van der Waals surface area contributed by atoms with E-state index in [2.05, 4.69) is 24.3 Å². The van der Waals surface area contributed by atoms with E-state index in [4.69, 9.17) is 21.1 Å². The molecular weight excluding hydrogens is 508 g/mol.